The molecule has 0 spiro atoms. The number of amides is 2. The normalized spacial score (nSPS) is 16.8. The second-order valence-corrected chi connectivity index (χ2v) is 7.19. The lowest BCUT2D eigenvalue weighted by Gasteiger charge is -2.18. The van der Waals surface area contributed by atoms with Crippen molar-refractivity contribution in [3.8, 4) is 0 Å². The van der Waals surface area contributed by atoms with Crippen molar-refractivity contribution in [1.82, 2.24) is 10.3 Å². The maximum absolute atomic E-state index is 12.6. The third-order valence-corrected chi connectivity index (χ3v) is 5.36. The molecule has 1 aliphatic heterocycles. The lowest BCUT2D eigenvalue weighted by atomic mass is 10.1. The van der Waals surface area contributed by atoms with E-state index in [1.807, 2.05) is 32.0 Å². The van der Waals surface area contributed by atoms with Gasteiger partial charge in [0.05, 0.1) is 6.54 Å². The smallest absolute Gasteiger partial charge is 0.355 e. The minimum Gasteiger partial charge on any atom is -0.476 e. The molecule has 7 nitrogen and oxygen atoms in total. The third kappa shape index (κ3) is 3.60. The van der Waals surface area contributed by atoms with Gasteiger partial charge in [-0.1, -0.05) is 6.07 Å². The van der Waals surface area contributed by atoms with E-state index in [1.54, 1.807) is 4.90 Å². The molecular weight excluding hydrogens is 354 g/mol. The number of carboxylic acids is 1. The molecule has 0 saturated carbocycles. The van der Waals surface area contributed by atoms with Crippen LogP contribution in [0.2, 0.25) is 0 Å². The fourth-order valence-corrected chi connectivity index (χ4v) is 3.56. The zero-order chi connectivity index (χ0) is 18.8. The first kappa shape index (κ1) is 18.1. The van der Waals surface area contributed by atoms with Crippen molar-refractivity contribution in [3.63, 3.8) is 0 Å². The van der Waals surface area contributed by atoms with Crippen LogP contribution in [0.4, 0.5) is 5.69 Å². The highest BCUT2D eigenvalue weighted by Gasteiger charge is 2.37. The Morgan fingerprint density at radius 1 is 1.35 bits per heavy atom. The van der Waals surface area contributed by atoms with E-state index in [9.17, 15) is 14.4 Å². The fourth-order valence-electron chi connectivity index (χ4n) is 2.85. The van der Waals surface area contributed by atoms with Crippen LogP contribution in [0.15, 0.2) is 23.6 Å². The van der Waals surface area contributed by atoms with Crippen molar-refractivity contribution in [2.24, 2.45) is 5.92 Å². The summed E-state index contributed by atoms with van der Waals surface area (Å²) in [4.78, 5) is 41.4. The summed E-state index contributed by atoms with van der Waals surface area (Å²) in [6, 6.07) is 5.81. The number of aromatic carboxylic acids is 1. The second kappa shape index (κ2) is 7.25. The summed E-state index contributed by atoms with van der Waals surface area (Å²) in [7, 11) is 0. The van der Waals surface area contributed by atoms with Gasteiger partial charge in [-0.05, 0) is 43.5 Å². The van der Waals surface area contributed by atoms with E-state index in [0.717, 1.165) is 28.2 Å². The van der Waals surface area contributed by atoms with Crippen LogP contribution in [0.5, 0.6) is 0 Å². The Morgan fingerprint density at radius 3 is 2.77 bits per heavy atom. The second-order valence-electron chi connectivity index (χ2n) is 6.25. The maximum Gasteiger partial charge on any atom is 0.355 e. The molecule has 2 N–H and O–H groups in total. The number of thiazole rings is 1. The van der Waals surface area contributed by atoms with Gasteiger partial charge in [0.2, 0.25) is 11.8 Å². The molecule has 0 bridgehead atoms. The van der Waals surface area contributed by atoms with Crippen LogP contribution >= 0.6 is 11.3 Å². The molecule has 136 valence electrons. The van der Waals surface area contributed by atoms with Crippen LogP contribution in [-0.2, 0) is 16.1 Å². The number of carbonyl (C=O) groups excluding carboxylic acids is 2. The minimum absolute atomic E-state index is 0.0443. The molecule has 0 aliphatic carbocycles. The van der Waals surface area contributed by atoms with Gasteiger partial charge >= 0.3 is 5.97 Å². The SMILES string of the molecule is Cc1ccc(N2CC[C@H](C(=O)NCc3nc(C(=O)O)cs3)C2=O)cc1C. The Labute approximate surface area is 154 Å². The Bertz CT molecular complexity index is 877. The van der Waals surface area contributed by atoms with Gasteiger partial charge in [-0.15, -0.1) is 11.3 Å². The number of aromatic nitrogens is 1. The van der Waals surface area contributed by atoms with Crippen LogP contribution in [0.25, 0.3) is 0 Å². The summed E-state index contributed by atoms with van der Waals surface area (Å²) in [5.41, 5.74) is 3.01. The van der Waals surface area contributed by atoms with E-state index in [0.29, 0.717) is 18.0 Å². The number of carbonyl (C=O) groups is 3. The molecule has 0 unspecified atom stereocenters. The molecule has 2 aromatic rings. The third-order valence-electron chi connectivity index (χ3n) is 4.51. The van der Waals surface area contributed by atoms with E-state index < -0.39 is 11.9 Å². The van der Waals surface area contributed by atoms with Crippen molar-refractivity contribution in [3.05, 3.63) is 45.4 Å². The van der Waals surface area contributed by atoms with Crippen LogP contribution in [-0.4, -0.2) is 34.4 Å². The van der Waals surface area contributed by atoms with Gasteiger partial charge in [0.25, 0.3) is 0 Å². The minimum atomic E-state index is -1.10. The van der Waals surface area contributed by atoms with Crippen molar-refractivity contribution in [2.45, 2.75) is 26.8 Å². The standard InChI is InChI=1S/C18H19N3O4S/c1-10-3-4-12(7-11(10)2)21-6-5-13(17(21)23)16(22)19-8-15-20-14(9-26-15)18(24)25/h3-4,7,9,13H,5-6,8H2,1-2H3,(H,19,22)(H,24,25)/t13-/m1/s1. The molecule has 8 heteroatoms. The number of nitrogens with one attached hydrogen (secondary N) is 1. The molecule has 2 heterocycles. The number of rotatable bonds is 5. The summed E-state index contributed by atoms with van der Waals surface area (Å²) in [6.45, 7) is 4.61. The molecule has 1 atom stereocenters. The molecule has 1 aromatic carbocycles. The number of anilines is 1. The predicted octanol–water partition coefficient (Wildman–Crippen LogP) is 2.13. The van der Waals surface area contributed by atoms with Crippen molar-refractivity contribution in [1.29, 1.82) is 0 Å². The van der Waals surface area contributed by atoms with E-state index in [2.05, 4.69) is 10.3 Å². The van der Waals surface area contributed by atoms with Gasteiger partial charge in [-0.3, -0.25) is 9.59 Å². The molecule has 2 amide bonds. The Hall–Kier alpha value is -2.74. The predicted molar refractivity (Wildman–Crippen MR) is 97.3 cm³/mol. The molecule has 1 saturated heterocycles. The first-order valence-corrected chi connectivity index (χ1v) is 9.09. The number of hydrogen-bond donors (Lipinski definition) is 2. The van der Waals surface area contributed by atoms with Crippen molar-refractivity contribution >= 4 is 34.8 Å². The van der Waals surface area contributed by atoms with Crippen LogP contribution < -0.4 is 10.2 Å². The maximum atomic E-state index is 12.6. The number of aryl methyl sites for hydroxylation is 2. The van der Waals surface area contributed by atoms with Gasteiger partial charge < -0.3 is 15.3 Å². The molecule has 3 rings (SSSR count). The van der Waals surface area contributed by atoms with Gasteiger partial charge in [0.15, 0.2) is 5.69 Å². The summed E-state index contributed by atoms with van der Waals surface area (Å²) in [5.74, 6) is -2.39. The number of nitrogens with zero attached hydrogens (tertiary/aromatic N) is 2. The van der Waals surface area contributed by atoms with E-state index in [1.165, 1.54) is 5.38 Å². The average Bonchev–Trinajstić information content (AvgIpc) is 3.22. The Balaban J connectivity index is 1.62. The molecule has 1 aliphatic rings. The Morgan fingerprint density at radius 2 is 2.12 bits per heavy atom. The monoisotopic (exact) mass is 373 g/mol. The molecular formula is C18H19N3O4S. The summed E-state index contributed by atoms with van der Waals surface area (Å²) in [6.07, 6.45) is 0.454. The van der Waals surface area contributed by atoms with Crippen LogP contribution in [0.3, 0.4) is 0 Å². The highest BCUT2D eigenvalue weighted by molar-refractivity contribution is 7.09. The quantitative estimate of drug-likeness (QED) is 0.782. The van der Waals surface area contributed by atoms with E-state index in [4.69, 9.17) is 5.11 Å². The number of benzene rings is 1. The highest BCUT2D eigenvalue weighted by atomic mass is 32.1. The zero-order valence-electron chi connectivity index (χ0n) is 14.5. The number of hydrogen-bond acceptors (Lipinski definition) is 5. The van der Waals surface area contributed by atoms with E-state index in [-0.39, 0.29) is 24.1 Å². The van der Waals surface area contributed by atoms with Gasteiger partial charge in [0.1, 0.15) is 10.9 Å². The van der Waals surface area contributed by atoms with Gasteiger partial charge in [-0.2, -0.15) is 0 Å². The molecule has 26 heavy (non-hydrogen) atoms. The van der Waals surface area contributed by atoms with Crippen molar-refractivity contribution < 1.29 is 19.5 Å². The van der Waals surface area contributed by atoms with Gasteiger partial charge in [-0.25, -0.2) is 9.78 Å². The fraction of sp³-hybridized carbons (Fsp3) is 0.333. The summed E-state index contributed by atoms with van der Waals surface area (Å²) in [5, 5.41) is 13.5. The summed E-state index contributed by atoms with van der Waals surface area (Å²) >= 11 is 1.16. The molecule has 1 fully saturated rings. The highest BCUT2D eigenvalue weighted by Crippen LogP contribution is 2.27. The largest absolute Gasteiger partial charge is 0.476 e. The van der Waals surface area contributed by atoms with Crippen molar-refractivity contribution in [2.75, 3.05) is 11.4 Å². The van der Waals surface area contributed by atoms with E-state index >= 15 is 0 Å². The van der Waals surface area contributed by atoms with Crippen LogP contribution in [0, 0.1) is 19.8 Å². The summed E-state index contributed by atoms with van der Waals surface area (Å²) < 4.78 is 0. The topological polar surface area (TPSA) is 99.6 Å². The molecule has 0 radical (unpaired) electrons. The zero-order valence-corrected chi connectivity index (χ0v) is 15.3. The Kier molecular flexibility index (Phi) is 5.03. The van der Waals surface area contributed by atoms with Crippen LogP contribution in [0.1, 0.15) is 33.0 Å². The molecule has 1 aromatic heterocycles. The average molecular weight is 373 g/mol. The first-order chi connectivity index (χ1) is 12.4. The first-order valence-electron chi connectivity index (χ1n) is 8.21. The number of carboxylic acid groups (broad SMARTS) is 1. The lowest BCUT2D eigenvalue weighted by Crippen LogP contribution is -2.36. The lowest BCUT2D eigenvalue weighted by molar-refractivity contribution is -0.132. The van der Waals surface area contributed by atoms with Gasteiger partial charge in [0, 0.05) is 17.6 Å².